The number of hydrogen-bond donors (Lipinski definition) is 0. The number of benzene rings is 1. The van der Waals surface area contributed by atoms with Crippen molar-refractivity contribution < 1.29 is 4.74 Å². The Morgan fingerprint density at radius 2 is 2.15 bits per heavy atom. The number of likely N-dealkylation sites (N-methyl/N-ethyl adjacent to an activating group) is 1. The Labute approximate surface area is 123 Å². The van der Waals surface area contributed by atoms with Crippen LogP contribution < -0.4 is 4.74 Å². The summed E-state index contributed by atoms with van der Waals surface area (Å²) < 4.78 is 6.67. The van der Waals surface area contributed by atoms with Crippen LogP contribution >= 0.6 is 11.3 Å². The topological polar surface area (TPSA) is 12.5 Å². The van der Waals surface area contributed by atoms with Crippen molar-refractivity contribution in [2.24, 2.45) is 0 Å². The van der Waals surface area contributed by atoms with Crippen LogP contribution in [0.2, 0.25) is 0 Å². The summed E-state index contributed by atoms with van der Waals surface area (Å²) in [4.78, 5) is 3.98. The van der Waals surface area contributed by atoms with Gasteiger partial charge in [-0.3, -0.25) is 4.90 Å². The molecule has 2 aliphatic rings. The summed E-state index contributed by atoms with van der Waals surface area (Å²) in [6.07, 6.45) is 6.37. The maximum Gasteiger partial charge on any atom is 0.119 e. The van der Waals surface area contributed by atoms with Gasteiger partial charge in [-0.2, -0.15) is 0 Å². The lowest BCUT2D eigenvalue weighted by Gasteiger charge is -2.29. The maximum absolute atomic E-state index is 5.32. The molecule has 2 atom stereocenters. The van der Waals surface area contributed by atoms with Crippen LogP contribution in [0.3, 0.4) is 0 Å². The van der Waals surface area contributed by atoms with Gasteiger partial charge in [-0.15, -0.1) is 11.3 Å². The molecule has 1 fully saturated rings. The molecular formula is C17H19NOS. The van der Waals surface area contributed by atoms with Gasteiger partial charge in [0.05, 0.1) is 7.11 Å². The third kappa shape index (κ3) is 1.88. The number of nitrogens with zero attached hydrogens (tertiary/aromatic N) is 1. The normalized spacial score (nSPS) is 26.0. The smallest absolute Gasteiger partial charge is 0.119 e. The molecule has 0 radical (unpaired) electrons. The second-order valence-corrected chi connectivity index (χ2v) is 6.96. The van der Waals surface area contributed by atoms with Gasteiger partial charge in [0.25, 0.3) is 0 Å². The van der Waals surface area contributed by atoms with E-state index in [1.54, 1.807) is 12.7 Å². The van der Waals surface area contributed by atoms with Gasteiger partial charge in [-0.25, -0.2) is 0 Å². The third-order valence-corrected chi connectivity index (χ3v) is 5.98. The van der Waals surface area contributed by atoms with Crippen LogP contribution in [0.4, 0.5) is 0 Å². The molecule has 4 rings (SSSR count). The minimum Gasteiger partial charge on any atom is -0.497 e. The largest absolute Gasteiger partial charge is 0.497 e. The molecule has 0 aliphatic carbocycles. The number of rotatable bonds is 2. The summed E-state index contributed by atoms with van der Waals surface area (Å²) in [6, 6.07) is 10.1. The molecule has 3 heterocycles. The Morgan fingerprint density at radius 1 is 1.25 bits per heavy atom. The highest BCUT2D eigenvalue weighted by Gasteiger charge is 2.34. The molecule has 2 nitrogen and oxygen atoms in total. The minimum atomic E-state index is 0.656. The van der Waals surface area contributed by atoms with Crippen LogP contribution in [0.15, 0.2) is 30.3 Å². The Morgan fingerprint density at radius 3 is 2.95 bits per heavy atom. The highest BCUT2D eigenvalue weighted by Crippen LogP contribution is 2.41. The molecule has 1 aromatic heterocycles. The standard InChI is InChI=1S/C17H19NOS/c1-18-13-3-4-14(18)8-11(7-13)17-10-12-9-15(19-2)5-6-16(12)20-17/h5-7,9-10,13-14H,3-4,8H2,1-2H3. The second-order valence-electron chi connectivity index (χ2n) is 5.87. The zero-order chi connectivity index (χ0) is 13.7. The number of fused-ring (bicyclic) bond motifs is 3. The summed E-state index contributed by atoms with van der Waals surface area (Å²) in [5, 5.41) is 1.30. The predicted octanol–water partition coefficient (Wildman–Crippen LogP) is 4.16. The monoisotopic (exact) mass is 285 g/mol. The van der Waals surface area contributed by atoms with Crippen LogP contribution in [-0.2, 0) is 0 Å². The Hall–Kier alpha value is -1.32. The summed E-state index contributed by atoms with van der Waals surface area (Å²) in [5.74, 6) is 0.944. The van der Waals surface area contributed by atoms with Crippen molar-refractivity contribution in [2.75, 3.05) is 14.2 Å². The molecule has 0 amide bonds. The first-order valence-electron chi connectivity index (χ1n) is 7.25. The van der Waals surface area contributed by atoms with Crippen molar-refractivity contribution in [3.63, 3.8) is 0 Å². The molecule has 2 bridgehead atoms. The number of thiophene rings is 1. The van der Waals surface area contributed by atoms with Gasteiger partial charge in [0.15, 0.2) is 0 Å². The quantitative estimate of drug-likeness (QED) is 0.821. The van der Waals surface area contributed by atoms with E-state index in [2.05, 4.69) is 42.3 Å². The van der Waals surface area contributed by atoms with Crippen LogP contribution in [0, 0.1) is 0 Å². The van der Waals surface area contributed by atoms with Gasteiger partial charge in [0.1, 0.15) is 5.75 Å². The number of hydrogen-bond acceptors (Lipinski definition) is 3. The van der Waals surface area contributed by atoms with E-state index in [1.165, 1.54) is 34.2 Å². The lowest BCUT2D eigenvalue weighted by Crippen LogP contribution is -2.34. The molecule has 1 saturated heterocycles. The molecule has 0 N–H and O–H groups in total. The number of methoxy groups -OCH3 is 1. The van der Waals surface area contributed by atoms with Gasteiger partial charge in [-0.1, -0.05) is 6.08 Å². The average molecular weight is 285 g/mol. The lowest BCUT2D eigenvalue weighted by molar-refractivity contribution is 0.264. The van der Waals surface area contributed by atoms with Crippen molar-refractivity contribution in [2.45, 2.75) is 31.3 Å². The molecule has 2 aromatic rings. The van der Waals surface area contributed by atoms with E-state index in [-0.39, 0.29) is 0 Å². The van der Waals surface area contributed by atoms with Crippen LogP contribution in [0.25, 0.3) is 15.7 Å². The Bertz CT molecular complexity index is 687. The van der Waals surface area contributed by atoms with E-state index in [9.17, 15) is 0 Å². The molecular weight excluding hydrogens is 266 g/mol. The molecule has 0 saturated carbocycles. The second kappa shape index (κ2) is 4.61. The zero-order valence-corrected chi connectivity index (χ0v) is 12.7. The fourth-order valence-corrected chi connectivity index (χ4v) is 4.61. The first-order chi connectivity index (χ1) is 9.74. The molecule has 2 unspecified atom stereocenters. The molecule has 2 aliphatic heterocycles. The zero-order valence-electron chi connectivity index (χ0n) is 11.9. The van der Waals surface area contributed by atoms with Gasteiger partial charge in [0, 0.05) is 21.7 Å². The van der Waals surface area contributed by atoms with E-state index in [0.717, 1.165) is 11.8 Å². The van der Waals surface area contributed by atoms with Gasteiger partial charge in [0.2, 0.25) is 0 Å². The molecule has 104 valence electrons. The molecule has 0 spiro atoms. The summed E-state index contributed by atoms with van der Waals surface area (Å²) in [7, 11) is 4.00. The fourth-order valence-electron chi connectivity index (χ4n) is 3.53. The third-order valence-electron chi connectivity index (χ3n) is 4.78. The maximum atomic E-state index is 5.32. The first kappa shape index (κ1) is 12.4. The van der Waals surface area contributed by atoms with Crippen molar-refractivity contribution in [3.05, 3.63) is 35.2 Å². The Kier molecular flexibility index (Phi) is 2.86. The van der Waals surface area contributed by atoms with E-state index in [1.807, 2.05) is 11.3 Å². The molecule has 1 aromatic carbocycles. The van der Waals surface area contributed by atoms with Crippen LogP contribution in [-0.4, -0.2) is 31.1 Å². The number of ether oxygens (including phenoxy) is 1. The minimum absolute atomic E-state index is 0.656. The van der Waals surface area contributed by atoms with E-state index >= 15 is 0 Å². The fraction of sp³-hybridized carbons (Fsp3) is 0.412. The SMILES string of the molecule is COc1ccc2sc(C3=CC4CCC(C3)N4C)cc2c1. The summed E-state index contributed by atoms with van der Waals surface area (Å²) in [6.45, 7) is 0. The first-order valence-corrected chi connectivity index (χ1v) is 8.07. The van der Waals surface area contributed by atoms with Crippen molar-refractivity contribution in [1.82, 2.24) is 4.90 Å². The van der Waals surface area contributed by atoms with Gasteiger partial charge < -0.3 is 4.74 Å². The highest BCUT2D eigenvalue weighted by atomic mass is 32.1. The van der Waals surface area contributed by atoms with E-state index in [0.29, 0.717) is 6.04 Å². The predicted molar refractivity (Wildman–Crippen MR) is 85.5 cm³/mol. The van der Waals surface area contributed by atoms with Gasteiger partial charge in [-0.05, 0) is 61.5 Å². The summed E-state index contributed by atoms with van der Waals surface area (Å²) in [5.41, 5.74) is 1.55. The average Bonchev–Trinajstić information content (AvgIpc) is 2.95. The highest BCUT2D eigenvalue weighted by molar-refractivity contribution is 7.20. The lowest BCUT2D eigenvalue weighted by atomic mass is 10.0. The van der Waals surface area contributed by atoms with Crippen molar-refractivity contribution in [3.8, 4) is 5.75 Å². The van der Waals surface area contributed by atoms with Crippen molar-refractivity contribution in [1.29, 1.82) is 0 Å². The van der Waals surface area contributed by atoms with E-state index < -0.39 is 0 Å². The molecule has 20 heavy (non-hydrogen) atoms. The van der Waals surface area contributed by atoms with Crippen LogP contribution in [0.5, 0.6) is 5.75 Å². The summed E-state index contributed by atoms with van der Waals surface area (Å²) >= 11 is 1.91. The Balaban J connectivity index is 1.74. The van der Waals surface area contributed by atoms with Gasteiger partial charge >= 0.3 is 0 Å². The van der Waals surface area contributed by atoms with Crippen molar-refractivity contribution >= 4 is 27.0 Å². The van der Waals surface area contributed by atoms with E-state index in [4.69, 9.17) is 4.74 Å². The van der Waals surface area contributed by atoms with Crippen LogP contribution in [0.1, 0.15) is 24.1 Å². The molecule has 3 heteroatoms.